The summed E-state index contributed by atoms with van der Waals surface area (Å²) in [6.45, 7) is 5.08. The van der Waals surface area contributed by atoms with E-state index < -0.39 is 8.07 Å². The van der Waals surface area contributed by atoms with E-state index in [2.05, 4.69) is 13.1 Å². The first-order chi connectivity index (χ1) is 7.60. The quantitative estimate of drug-likeness (QED) is 0.556. The third-order valence-electron chi connectivity index (χ3n) is 3.87. The van der Waals surface area contributed by atoms with Gasteiger partial charge in [0.1, 0.15) is 5.78 Å². The summed E-state index contributed by atoms with van der Waals surface area (Å²) in [4.78, 5) is 11.5. The standard InChI is InChI=1S/C14H28OSi/c1-16(2)12-8-4-3-6-10-14(15)11-7-5-9-13-16/h3-13H2,1-2H3. The van der Waals surface area contributed by atoms with Gasteiger partial charge in [-0.05, 0) is 12.8 Å². The topological polar surface area (TPSA) is 17.1 Å². The van der Waals surface area contributed by atoms with Crippen LogP contribution in [0.2, 0.25) is 25.2 Å². The molecule has 0 aliphatic carbocycles. The third-order valence-corrected chi connectivity index (χ3v) is 7.28. The maximum Gasteiger partial charge on any atom is 0.132 e. The van der Waals surface area contributed by atoms with Crippen LogP contribution in [-0.2, 0) is 4.79 Å². The molecule has 0 N–H and O–H groups in total. The van der Waals surface area contributed by atoms with Crippen molar-refractivity contribution < 1.29 is 4.79 Å². The normalized spacial score (nSPS) is 25.2. The first-order valence-electron chi connectivity index (χ1n) is 7.12. The minimum atomic E-state index is -0.885. The second kappa shape index (κ2) is 7.26. The first-order valence-corrected chi connectivity index (χ1v) is 10.5. The largest absolute Gasteiger partial charge is 0.300 e. The van der Waals surface area contributed by atoms with Gasteiger partial charge in [0, 0.05) is 20.9 Å². The number of Topliss-reactive ketones (excluding diaryl/α,β-unsaturated/α-hetero) is 1. The monoisotopic (exact) mass is 240 g/mol. The molecule has 0 saturated carbocycles. The number of ketones is 1. The molecule has 1 aliphatic heterocycles. The Morgan fingerprint density at radius 2 is 1.19 bits per heavy atom. The Hall–Kier alpha value is -0.113. The molecule has 0 atom stereocenters. The van der Waals surface area contributed by atoms with Crippen LogP contribution in [0.25, 0.3) is 0 Å². The molecule has 0 aromatic heterocycles. The van der Waals surface area contributed by atoms with Gasteiger partial charge in [-0.25, -0.2) is 0 Å². The van der Waals surface area contributed by atoms with Crippen LogP contribution >= 0.6 is 0 Å². The van der Waals surface area contributed by atoms with Crippen LogP contribution in [0.15, 0.2) is 0 Å². The van der Waals surface area contributed by atoms with E-state index in [1.54, 1.807) is 0 Å². The van der Waals surface area contributed by atoms with Crippen molar-refractivity contribution in [1.29, 1.82) is 0 Å². The summed E-state index contributed by atoms with van der Waals surface area (Å²) >= 11 is 0. The smallest absolute Gasteiger partial charge is 0.132 e. The zero-order valence-electron chi connectivity index (χ0n) is 11.2. The lowest BCUT2D eigenvalue weighted by atomic mass is 10.1. The van der Waals surface area contributed by atoms with Gasteiger partial charge in [-0.1, -0.05) is 57.3 Å². The summed E-state index contributed by atoms with van der Waals surface area (Å²) in [6, 6.07) is 2.97. The van der Waals surface area contributed by atoms with Crippen molar-refractivity contribution in [3.63, 3.8) is 0 Å². The van der Waals surface area contributed by atoms with E-state index in [9.17, 15) is 4.79 Å². The summed E-state index contributed by atoms with van der Waals surface area (Å²) in [7, 11) is -0.885. The van der Waals surface area contributed by atoms with Crippen LogP contribution in [0.4, 0.5) is 0 Å². The molecule has 0 aromatic carbocycles. The highest BCUT2D eigenvalue weighted by Crippen LogP contribution is 2.23. The fourth-order valence-corrected chi connectivity index (χ4v) is 5.30. The van der Waals surface area contributed by atoms with Crippen molar-refractivity contribution in [2.24, 2.45) is 0 Å². The predicted molar refractivity (Wildman–Crippen MR) is 73.7 cm³/mol. The van der Waals surface area contributed by atoms with Gasteiger partial charge in [-0.15, -0.1) is 0 Å². The lowest BCUT2D eigenvalue weighted by molar-refractivity contribution is -0.119. The van der Waals surface area contributed by atoms with Crippen LogP contribution in [0.3, 0.4) is 0 Å². The van der Waals surface area contributed by atoms with E-state index in [0.717, 1.165) is 25.7 Å². The molecule has 1 rings (SSSR count). The molecule has 0 radical (unpaired) electrons. The highest BCUT2D eigenvalue weighted by molar-refractivity contribution is 6.77. The Bertz CT molecular complexity index is 211. The summed E-state index contributed by atoms with van der Waals surface area (Å²) in [6.07, 6.45) is 10.7. The van der Waals surface area contributed by atoms with Gasteiger partial charge in [0.2, 0.25) is 0 Å². The van der Waals surface area contributed by atoms with Gasteiger partial charge in [0.25, 0.3) is 0 Å². The molecule has 0 spiro atoms. The molecule has 1 fully saturated rings. The van der Waals surface area contributed by atoms with E-state index in [1.807, 2.05) is 0 Å². The summed E-state index contributed by atoms with van der Waals surface area (Å²) in [5.41, 5.74) is 0. The predicted octanol–water partition coefficient (Wildman–Crippen LogP) is 4.79. The molecular formula is C14H28OSi. The molecule has 1 heterocycles. The van der Waals surface area contributed by atoms with Gasteiger partial charge in [0.15, 0.2) is 0 Å². The number of carbonyl (C=O) groups excluding carboxylic acids is 1. The van der Waals surface area contributed by atoms with Crippen LogP contribution < -0.4 is 0 Å². The molecule has 94 valence electrons. The van der Waals surface area contributed by atoms with E-state index in [4.69, 9.17) is 0 Å². The minimum absolute atomic E-state index is 0.510. The lowest BCUT2D eigenvalue weighted by Gasteiger charge is -2.22. The molecule has 0 unspecified atom stereocenters. The SMILES string of the molecule is C[Si]1(C)CCCCCCC(=O)CCCCC1. The average molecular weight is 240 g/mol. The van der Waals surface area contributed by atoms with Crippen molar-refractivity contribution in [2.75, 3.05) is 0 Å². The third kappa shape index (κ3) is 6.47. The van der Waals surface area contributed by atoms with E-state index >= 15 is 0 Å². The van der Waals surface area contributed by atoms with Crippen LogP contribution in [0.1, 0.15) is 57.8 Å². The summed E-state index contributed by atoms with van der Waals surface area (Å²) in [5.74, 6) is 0.510. The first kappa shape index (κ1) is 13.9. The van der Waals surface area contributed by atoms with Crippen molar-refractivity contribution >= 4 is 13.9 Å². The highest BCUT2D eigenvalue weighted by atomic mass is 28.3. The number of carbonyl (C=O) groups is 1. The molecule has 1 saturated heterocycles. The van der Waals surface area contributed by atoms with E-state index in [0.29, 0.717) is 5.78 Å². The van der Waals surface area contributed by atoms with Crippen LogP contribution in [-0.4, -0.2) is 13.9 Å². The zero-order chi connectivity index (χ0) is 11.9. The molecule has 16 heavy (non-hydrogen) atoms. The number of hydrogen-bond donors (Lipinski definition) is 0. The Labute approximate surface area is 102 Å². The molecule has 0 amide bonds. The Balaban J connectivity index is 2.34. The molecular weight excluding hydrogens is 212 g/mol. The van der Waals surface area contributed by atoms with Gasteiger partial charge in [-0.2, -0.15) is 0 Å². The lowest BCUT2D eigenvalue weighted by Crippen LogP contribution is -2.24. The van der Waals surface area contributed by atoms with Crippen LogP contribution in [0, 0.1) is 0 Å². The minimum Gasteiger partial charge on any atom is -0.300 e. The second-order valence-electron chi connectivity index (χ2n) is 6.18. The van der Waals surface area contributed by atoms with Gasteiger partial charge in [-0.3, -0.25) is 4.79 Å². The van der Waals surface area contributed by atoms with E-state index in [-0.39, 0.29) is 0 Å². The molecule has 0 aromatic rings. The fraction of sp³-hybridized carbons (Fsp3) is 0.929. The Morgan fingerprint density at radius 1 is 0.750 bits per heavy atom. The number of rotatable bonds is 0. The molecule has 0 bridgehead atoms. The zero-order valence-corrected chi connectivity index (χ0v) is 12.2. The Morgan fingerprint density at radius 3 is 1.75 bits per heavy atom. The summed E-state index contributed by atoms with van der Waals surface area (Å²) < 4.78 is 0. The van der Waals surface area contributed by atoms with Gasteiger partial charge < -0.3 is 0 Å². The Kier molecular flexibility index (Phi) is 6.33. The van der Waals surface area contributed by atoms with Crippen molar-refractivity contribution in [3.8, 4) is 0 Å². The summed E-state index contributed by atoms with van der Waals surface area (Å²) in [5, 5.41) is 0. The number of hydrogen-bond acceptors (Lipinski definition) is 1. The highest BCUT2D eigenvalue weighted by Gasteiger charge is 2.19. The maximum atomic E-state index is 11.5. The second-order valence-corrected chi connectivity index (χ2v) is 11.5. The van der Waals surface area contributed by atoms with Gasteiger partial charge in [0.05, 0.1) is 0 Å². The van der Waals surface area contributed by atoms with Crippen LogP contribution in [0.5, 0.6) is 0 Å². The fourth-order valence-electron chi connectivity index (χ4n) is 2.63. The maximum absolute atomic E-state index is 11.5. The van der Waals surface area contributed by atoms with Gasteiger partial charge >= 0.3 is 0 Å². The van der Waals surface area contributed by atoms with Crippen molar-refractivity contribution in [2.45, 2.75) is 83.0 Å². The molecule has 1 aliphatic rings. The van der Waals surface area contributed by atoms with Crippen molar-refractivity contribution in [3.05, 3.63) is 0 Å². The van der Waals surface area contributed by atoms with Crippen molar-refractivity contribution in [1.82, 2.24) is 0 Å². The molecule has 2 heteroatoms. The molecule has 1 nitrogen and oxygen atoms in total. The van der Waals surface area contributed by atoms with E-state index in [1.165, 1.54) is 44.2 Å². The average Bonchev–Trinajstić information content (AvgIpc) is 2.22.